The van der Waals surface area contributed by atoms with Crippen LogP contribution in [-0.4, -0.2) is 22.7 Å². The second kappa shape index (κ2) is 7.82. The number of aryl methyl sites for hydroxylation is 3. The lowest BCUT2D eigenvalue weighted by Crippen LogP contribution is -2.20. The lowest BCUT2D eigenvalue weighted by atomic mass is 10.1. The second-order valence-corrected chi connectivity index (χ2v) is 6.11. The lowest BCUT2D eigenvalue weighted by molar-refractivity contribution is -0.118. The Hall–Kier alpha value is -3.15. The molecule has 3 rings (SSSR count). The van der Waals surface area contributed by atoms with E-state index in [0.717, 1.165) is 28.8 Å². The standard InChI is InChI=1S/C20H21N3O3/c1-4-18-22-20(26-23-18)15-5-7-17(8-6-15)25-12-19(24)21-16-10-13(2)9-14(3)11-16/h5-11H,4,12H2,1-3H3,(H,21,24). The minimum Gasteiger partial charge on any atom is -0.484 e. The van der Waals surface area contributed by atoms with Gasteiger partial charge < -0.3 is 14.6 Å². The first-order valence-corrected chi connectivity index (χ1v) is 8.47. The van der Waals surface area contributed by atoms with E-state index in [0.29, 0.717) is 17.5 Å². The van der Waals surface area contributed by atoms with Crippen molar-refractivity contribution >= 4 is 11.6 Å². The van der Waals surface area contributed by atoms with Crippen molar-refractivity contribution in [1.82, 2.24) is 10.1 Å². The summed E-state index contributed by atoms with van der Waals surface area (Å²) in [6, 6.07) is 13.1. The third-order valence-corrected chi connectivity index (χ3v) is 3.76. The van der Waals surface area contributed by atoms with Crippen LogP contribution in [0.2, 0.25) is 0 Å². The Morgan fingerprint density at radius 1 is 1.12 bits per heavy atom. The van der Waals surface area contributed by atoms with Crippen molar-refractivity contribution in [3.8, 4) is 17.2 Å². The maximum absolute atomic E-state index is 12.1. The summed E-state index contributed by atoms with van der Waals surface area (Å²) in [5.41, 5.74) is 3.78. The normalized spacial score (nSPS) is 10.6. The molecule has 0 atom stereocenters. The molecule has 1 heterocycles. The molecule has 6 heteroatoms. The van der Waals surface area contributed by atoms with Gasteiger partial charge in [-0.05, 0) is 61.4 Å². The quantitative estimate of drug-likeness (QED) is 0.728. The Morgan fingerprint density at radius 2 is 1.81 bits per heavy atom. The zero-order valence-corrected chi connectivity index (χ0v) is 15.1. The van der Waals surface area contributed by atoms with E-state index in [9.17, 15) is 4.79 Å². The summed E-state index contributed by atoms with van der Waals surface area (Å²) in [6.07, 6.45) is 0.722. The van der Waals surface area contributed by atoms with Gasteiger partial charge in [0.1, 0.15) is 5.75 Å². The number of nitrogens with zero attached hydrogens (tertiary/aromatic N) is 2. The van der Waals surface area contributed by atoms with Gasteiger partial charge in [0.05, 0.1) is 0 Å². The number of carbonyl (C=O) groups is 1. The van der Waals surface area contributed by atoms with Crippen molar-refractivity contribution in [2.45, 2.75) is 27.2 Å². The fourth-order valence-electron chi connectivity index (χ4n) is 2.60. The zero-order valence-electron chi connectivity index (χ0n) is 15.1. The molecule has 134 valence electrons. The smallest absolute Gasteiger partial charge is 0.262 e. The molecule has 2 aromatic carbocycles. The molecule has 0 aliphatic heterocycles. The highest BCUT2D eigenvalue weighted by Gasteiger charge is 2.09. The van der Waals surface area contributed by atoms with E-state index in [1.165, 1.54) is 0 Å². The average molecular weight is 351 g/mol. The van der Waals surface area contributed by atoms with Gasteiger partial charge in [-0.2, -0.15) is 4.98 Å². The van der Waals surface area contributed by atoms with Crippen LogP contribution in [0.4, 0.5) is 5.69 Å². The fourth-order valence-corrected chi connectivity index (χ4v) is 2.60. The first-order chi connectivity index (χ1) is 12.5. The van der Waals surface area contributed by atoms with Crippen LogP contribution in [0.1, 0.15) is 23.9 Å². The summed E-state index contributed by atoms with van der Waals surface area (Å²) in [4.78, 5) is 16.3. The van der Waals surface area contributed by atoms with Gasteiger partial charge in [0.25, 0.3) is 11.8 Å². The molecular formula is C20H21N3O3. The molecule has 0 bridgehead atoms. The number of ether oxygens (including phenoxy) is 1. The van der Waals surface area contributed by atoms with Gasteiger partial charge in [0, 0.05) is 17.7 Å². The van der Waals surface area contributed by atoms with E-state index < -0.39 is 0 Å². The van der Waals surface area contributed by atoms with Crippen LogP contribution < -0.4 is 10.1 Å². The zero-order chi connectivity index (χ0) is 18.5. The van der Waals surface area contributed by atoms with E-state index in [1.807, 2.05) is 45.0 Å². The van der Waals surface area contributed by atoms with Gasteiger partial charge in [0.15, 0.2) is 12.4 Å². The molecule has 6 nitrogen and oxygen atoms in total. The van der Waals surface area contributed by atoms with E-state index >= 15 is 0 Å². The molecular weight excluding hydrogens is 330 g/mol. The lowest BCUT2D eigenvalue weighted by Gasteiger charge is -2.09. The Labute approximate surface area is 152 Å². The number of nitrogens with one attached hydrogen (secondary N) is 1. The molecule has 0 radical (unpaired) electrons. The first-order valence-electron chi connectivity index (χ1n) is 8.47. The molecule has 1 aromatic heterocycles. The highest BCUT2D eigenvalue weighted by Crippen LogP contribution is 2.21. The first kappa shape index (κ1) is 17.7. The predicted octanol–water partition coefficient (Wildman–Crippen LogP) is 3.93. The van der Waals surface area contributed by atoms with Crippen molar-refractivity contribution in [1.29, 1.82) is 0 Å². The van der Waals surface area contributed by atoms with Crippen LogP contribution in [0.3, 0.4) is 0 Å². The summed E-state index contributed by atoms with van der Waals surface area (Å²) >= 11 is 0. The van der Waals surface area contributed by atoms with Crippen LogP contribution >= 0.6 is 0 Å². The number of aromatic nitrogens is 2. The van der Waals surface area contributed by atoms with Crippen LogP contribution in [0, 0.1) is 13.8 Å². The molecule has 0 fully saturated rings. The SMILES string of the molecule is CCc1noc(-c2ccc(OCC(=O)Nc3cc(C)cc(C)c3)cc2)n1. The van der Waals surface area contributed by atoms with Crippen LogP contribution in [0.25, 0.3) is 11.5 Å². The number of anilines is 1. The molecule has 1 N–H and O–H groups in total. The number of benzene rings is 2. The summed E-state index contributed by atoms with van der Waals surface area (Å²) in [5.74, 6) is 1.53. The van der Waals surface area contributed by atoms with Crippen LogP contribution in [0.15, 0.2) is 47.0 Å². The second-order valence-electron chi connectivity index (χ2n) is 6.11. The van der Waals surface area contributed by atoms with Gasteiger partial charge in [-0.15, -0.1) is 0 Å². The van der Waals surface area contributed by atoms with Crippen molar-refractivity contribution in [3.05, 3.63) is 59.4 Å². The Kier molecular flexibility index (Phi) is 5.31. The highest BCUT2D eigenvalue weighted by molar-refractivity contribution is 5.92. The predicted molar refractivity (Wildman–Crippen MR) is 99.2 cm³/mol. The molecule has 1 amide bonds. The average Bonchev–Trinajstić information content (AvgIpc) is 3.09. The van der Waals surface area contributed by atoms with Crippen molar-refractivity contribution in [2.75, 3.05) is 11.9 Å². The van der Waals surface area contributed by atoms with E-state index in [4.69, 9.17) is 9.26 Å². The maximum Gasteiger partial charge on any atom is 0.262 e. The highest BCUT2D eigenvalue weighted by atomic mass is 16.5. The Balaban J connectivity index is 1.56. The van der Waals surface area contributed by atoms with Crippen molar-refractivity contribution < 1.29 is 14.1 Å². The van der Waals surface area contributed by atoms with Gasteiger partial charge in [-0.3, -0.25) is 4.79 Å². The molecule has 0 unspecified atom stereocenters. The van der Waals surface area contributed by atoms with Crippen molar-refractivity contribution in [3.63, 3.8) is 0 Å². The summed E-state index contributed by atoms with van der Waals surface area (Å²) in [6.45, 7) is 5.89. The third kappa shape index (κ3) is 4.47. The van der Waals surface area contributed by atoms with Gasteiger partial charge >= 0.3 is 0 Å². The Morgan fingerprint density at radius 3 is 2.42 bits per heavy atom. The third-order valence-electron chi connectivity index (χ3n) is 3.76. The topological polar surface area (TPSA) is 77.2 Å². The van der Waals surface area contributed by atoms with E-state index in [-0.39, 0.29) is 12.5 Å². The van der Waals surface area contributed by atoms with Crippen LogP contribution in [0.5, 0.6) is 5.75 Å². The molecule has 0 aliphatic carbocycles. The van der Waals surface area contributed by atoms with Crippen LogP contribution in [-0.2, 0) is 11.2 Å². The summed E-state index contributed by atoms with van der Waals surface area (Å²) < 4.78 is 10.7. The molecule has 0 aliphatic rings. The number of amides is 1. The number of hydrogen-bond donors (Lipinski definition) is 1. The van der Waals surface area contributed by atoms with Gasteiger partial charge in [-0.25, -0.2) is 0 Å². The molecule has 0 saturated heterocycles. The molecule has 3 aromatic rings. The summed E-state index contributed by atoms with van der Waals surface area (Å²) in [5, 5.41) is 6.72. The van der Waals surface area contributed by atoms with E-state index in [2.05, 4.69) is 21.5 Å². The number of hydrogen-bond acceptors (Lipinski definition) is 5. The van der Waals surface area contributed by atoms with Crippen molar-refractivity contribution in [2.24, 2.45) is 0 Å². The van der Waals surface area contributed by atoms with Gasteiger partial charge in [-0.1, -0.05) is 18.1 Å². The largest absolute Gasteiger partial charge is 0.484 e. The minimum atomic E-state index is -0.205. The van der Waals surface area contributed by atoms with E-state index in [1.54, 1.807) is 12.1 Å². The molecule has 26 heavy (non-hydrogen) atoms. The Bertz CT molecular complexity index is 881. The monoisotopic (exact) mass is 351 g/mol. The summed E-state index contributed by atoms with van der Waals surface area (Å²) in [7, 11) is 0. The van der Waals surface area contributed by atoms with Gasteiger partial charge in [0.2, 0.25) is 0 Å². The molecule has 0 spiro atoms. The number of rotatable bonds is 6. The fraction of sp³-hybridized carbons (Fsp3) is 0.250. The number of carbonyl (C=O) groups excluding carboxylic acids is 1. The molecule has 0 saturated carbocycles. The maximum atomic E-state index is 12.1. The minimum absolute atomic E-state index is 0.0626.